The van der Waals surface area contributed by atoms with Crippen molar-refractivity contribution in [2.45, 2.75) is 27.3 Å². The number of hydrogen-bond donors (Lipinski definition) is 0. The van der Waals surface area contributed by atoms with Crippen molar-refractivity contribution in [2.24, 2.45) is 5.41 Å². The second-order valence-electron chi connectivity index (χ2n) is 6.76. The molecule has 0 fully saturated rings. The summed E-state index contributed by atoms with van der Waals surface area (Å²) < 4.78 is 0. The SMILES string of the molecule is CN(C/C=C/C#CC(C)(C)C)Cc1cccc2ccccc12.[PbH2]. The molecule has 23 heavy (non-hydrogen) atoms. The van der Waals surface area contributed by atoms with E-state index in [1.54, 1.807) is 0 Å². The van der Waals surface area contributed by atoms with Crippen LogP contribution in [0.15, 0.2) is 54.6 Å². The predicted octanol–water partition coefficient (Wildman–Crippen LogP) is 3.96. The fourth-order valence-electron chi connectivity index (χ4n) is 2.34. The zero-order valence-corrected chi connectivity index (χ0v) is 20.3. The molecule has 0 aliphatic heterocycles. The van der Waals surface area contributed by atoms with E-state index in [2.05, 4.69) is 93.1 Å². The van der Waals surface area contributed by atoms with E-state index >= 15 is 0 Å². The topological polar surface area (TPSA) is 3.24 Å². The first-order valence-corrected chi connectivity index (χ1v) is 7.78. The first kappa shape index (κ1) is 19.9. The van der Waals surface area contributed by atoms with Crippen LogP contribution >= 0.6 is 0 Å². The summed E-state index contributed by atoms with van der Waals surface area (Å²) in [5, 5.41) is 2.65. The molecule has 2 radical (unpaired) electrons. The van der Waals surface area contributed by atoms with Crippen LogP contribution in [-0.4, -0.2) is 45.8 Å². The Bertz CT molecular complexity index is 708. The zero-order chi connectivity index (χ0) is 16.0. The molecule has 0 saturated heterocycles. The van der Waals surface area contributed by atoms with Crippen molar-refractivity contribution in [2.75, 3.05) is 13.6 Å². The number of hydrogen-bond acceptors (Lipinski definition) is 1. The van der Waals surface area contributed by atoms with Crippen LogP contribution in [0, 0.1) is 17.3 Å². The number of fused-ring (bicyclic) bond motifs is 1. The van der Waals surface area contributed by atoms with Gasteiger partial charge in [0.1, 0.15) is 0 Å². The van der Waals surface area contributed by atoms with E-state index in [0.29, 0.717) is 0 Å². The van der Waals surface area contributed by atoms with Crippen LogP contribution in [0.5, 0.6) is 0 Å². The Morgan fingerprint density at radius 1 is 1.04 bits per heavy atom. The third-order valence-electron chi connectivity index (χ3n) is 3.39. The fourth-order valence-corrected chi connectivity index (χ4v) is 2.34. The Kier molecular flexibility index (Phi) is 8.01. The number of rotatable bonds is 4. The molecule has 0 aliphatic carbocycles. The number of likely N-dealkylation sites (N-methyl/N-ethyl adjacent to an activating group) is 1. The van der Waals surface area contributed by atoms with Gasteiger partial charge in [-0.15, -0.1) is 0 Å². The molecule has 1 nitrogen and oxygen atoms in total. The van der Waals surface area contributed by atoms with E-state index in [9.17, 15) is 0 Å². The summed E-state index contributed by atoms with van der Waals surface area (Å²) in [6.07, 6.45) is 4.09. The molecule has 0 aliphatic rings. The molecular formula is C21H27NPb. The van der Waals surface area contributed by atoms with Gasteiger partial charge < -0.3 is 0 Å². The summed E-state index contributed by atoms with van der Waals surface area (Å²) >= 11 is 0. The molecule has 0 bridgehead atoms. The zero-order valence-electron chi connectivity index (χ0n) is 14.8. The van der Waals surface area contributed by atoms with Crippen LogP contribution in [-0.2, 0) is 6.54 Å². The van der Waals surface area contributed by atoms with Gasteiger partial charge in [0.25, 0.3) is 0 Å². The molecule has 2 aromatic carbocycles. The third-order valence-corrected chi connectivity index (χ3v) is 3.39. The summed E-state index contributed by atoms with van der Waals surface area (Å²) in [6, 6.07) is 15.1. The van der Waals surface area contributed by atoms with E-state index < -0.39 is 0 Å². The first-order chi connectivity index (χ1) is 10.5. The molecule has 0 aromatic heterocycles. The molecule has 0 heterocycles. The quantitative estimate of drug-likeness (QED) is 0.454. The van der Waals surface area contributed by atoms with Gasteiger partial charge >= 0.3 is 27.3 Å². The summed E-state index contributed by atoms with van der Waals surface area (Å²) in [4.78, 5) is 2.30. The second kappa shape index (κ2) is 9.24. The van der Waals surface area contributed by atoms with Gasteiger partial charge in [-0.2, -0.15) is 0 Å². The molecule has 120 valence electrons. The van der Waals surface area contributed by atoms with Gasteiger partial charge in [-0.1, -0.05) is 60.4 Å². The minimum atomic E-state index is 0. The fraction of sp³-hybridized carbons (Fsp3) is 0.333. The molecule has 0 unspecified atom stereocenters. The van der Waals surface area contributed by atoms with Crippen LogP contribution < -0.4 is 0 Å². The Morgan fingerprint density at radius 2 is 1.74 bits per heavy atom. The van der Waals surface area contributed by atoms with E-state index in [1.165, 1.54) is 16.3 Å². The van der Waals surface area contributed by atoms with E-state index in [-0.39, 0.29) is 32.7 Å². The van der Waals surface area contributed by atoms with Gasteiger partial charge in [-0.05, 0) is 50.2 Å². The van der Waals surface area contributed by atoms with Gasteiger partial charge in [0.2, 0.25) is 0 Å². The van der Waals surface area contributed by atoms with Gasteiger partial charge in [0, 0.05) is 18.5 Å². The van der Waals surface area contributed by atoms with Crippen LogP contribution in [0.3, 0.4) is 0 Å². The molecule has 2 heteroatoms. The van der Waals surface area contributed by atoms with E-state index in [1.807, 2.05) is 6.08 Å². The second-order valence-corrected chi connectivity index (χ2v) is 6.76. The number of benzene rings is 2. The predicted molar refractivity (Wildman–Crippen MR) is 105 cm³/mol. The van der Waals surface area contributed by atoms with Crippen molar-refractivity contribution in [3.8, 4) is 11.8 Å². The Balaban J connectivity index is 0.00000264. The maximum absolute atomic E-state index is 3.21. The molecule has 0 saturated carbocycles. The van der Waals surface area contributed by atoms with E-state index in [0.717, 1.165) is 13.1 Å². The molecule has 0 atom stereocenters. The van der Waals surface area contributed by atoms with Crippen molar-refractivity contribution >= 4 is 38.1 Å². The molecule has 0 spiro atoms. The Hall–Kier alpha value is -1.12. The number of allylic oxidation sites excluding steroid dienone is 1. The van der Waals surface area contributed by atoms with Crippen molar-refractivity contribution in [1.82, 2.24) is 4.90 Å². The first-order valence-electron chi connectivity index (χ1n) is 7.78. The monoisotopic (exact) mass is 501 g/mol. The molecule has 2 aromatic rings. The van der Waals surface area contributed by atoms with Crippen molar-refractivity contribution in [3.63, 3.8) is 0 Å². The molecular weight excluding hydrogens is 473 g/mol. The average Bonchev–Trinajstić information content (AvgIpc) is 2.46. The van der Waals surface area contributed by atoms with E-state index in [4.69, 9.17) is 0 Å². The van der Waals surface area contributed by atoms with Gasteiger partial charge in [-0.3, -0.25) is 4.90 Å². The van der Waals surface area contributed by atoms with Gasteiger partial charge in [-0.25, -0.2) is 0 Å². The minimum absolute atomic E-state index is 0. The standard InChI is InChI=1S/C21H25N.Pb.2H/c1-21(2,3)15-8-5-9-16-22(4)17-19-13-10-12-18-11-6-7-14-20(18)19;;;/h5-7,9-14H,16-17H2,1-4H3;;;/b9-5+;;;. The number of nitrogens with zero attached hydrogens (tertiary/aromatic N) is 1. The average molecular weight is 501 g/mol. The van der Waals surface area contributed by atoms with Crippen molar-refractivity contribution in [3.05, 3.63) is 60.2 Å². The van der Waals surface area contributed by atoms with Crippen LogP contribution in [0.4, 0.5) is 0 Å². The Morgan fingerprint density at radius 3 is 2.48 bits per heavy atom. The Labute approximate surface area is 160 Å². The summed E-state index contributed by atoms with van der Waals surface area (Å²) in [5.41, 5.74) is 1.44. The summed E-state index contributed by atoms with van der Waals surface area (Å²) in [6.45, 7) is 8.22. The third kappa shape index (κ3) is 6.89. The van der Waals surface area contributed by atoms with Gasteiger partial charge in [0.05, 0.1) is 0 Å². The van der Waals surface area contributed by atoms with Crippen molar-refractivity contribution in [1.29, 1.82) is 0 Å². The normalized spacial score (nSPS) is 11.3. The van der Waals surface area contributed by atoms with Gasteiger partial charge in [0.15, 0.2) is 0 Å². The van der Waals surface area contributed by atoms with Crippen LogP contribution in [0.25, 0.3) is 10.8 Å². The summed E-state index contributed by atoms with van der Waals surface area (Å²) in [7, 11) is 2.14. The van der Waals surface area contributed by atoms with Crippen LogP contribution in [0.2, 0.25) is 0 Å². The maximum atomic E-state index is 3.21. The van der Waals surface area contributed by atoms with Crippen molar-refractivity contribution < 1.29 is 0 Å². The molecule has 0 amide bonds. The molecule has 2 rings (SSSR count). The summed E-state index contributed by atoms with van der Waals surface area (Å²) in [5.74, 6) is 6.33. The van der Waals surface area contributed by atoms with Crippen LogP contribution in [0.1, 0.15) is 26.3 Å². The molecule has 0 N–H and O–H groups in total.